The van der Waals surface area contributed by atoms with E-state index in [4.69, 9.17) is 21.7 Å². The smallest absolute Gasteiger partial charge is 0.256 e. The van der Waals surface area contributed by atoms with Gasteiger partial charge in [-0.25, -0.2) is 17.9 Å². The monoisotopic (exact) mass is 557 g/mol. The predicted molar refractivity (Wildman–Crippen MR) is 143 cm³/mol. The van der Waals surface area contributed by atoms with Gasteiger partial charge in [0.05, 0.1) is 47.3 Å². The van der Waals surface area contributed by atoms with Crippen molar-refractivity contribution in [2.24, 2.45) is 5.92 Å². The van der Waals surface area contributed by atoms with Crippen molar-refractivity contribution in [1.29, 1.82) is 5.26 Å². The van der Waals surface area contributed by atoms with Crippen molar-refractivity contribution in [3.63, 3.8) is 0 Å². The molecule has 0 unspecified atom stereocenters. The third kappa shape index (κ3) is 5.14. The lowest BCUT2D eigenvalue weighted by molar-refractivity contribution is 0.0607. The van der Waals surface area contributed by atoms with Crippen LogP contribution in [-0.2, 0) is 10.0 Å². The van der Waals surface area contributed by atoms with Crippen molar-refractivity contribution in [3.05, 3.63) is 52.3 Å². The minimum absolute atomic E-state index is 0.173. The van der Waals surface area contributed by atoms with Crippen LogP contribution in [0.1, 0.15) is 46.9 Å². The van der Waals surface area contributed by atoms with Gasteiger partial charge in [-0.1, -0.05) is 11.6 Å². The van der Waals surface area contributed by atoms with Crippen molar-refractivity contribution in [3.8, 4) is 6.07 Å². The Kier molecular flexibility index (Phi) is 6.94. The minimum atomic E-state index is -3.61. The number of likely N-dealkylation sites (tertiary alicyclic amines) is 1. The average molecular weight is 558 g/mol. The molecule has 0 radical (unpaired) electrons. The summed E-state index contributed by atoms with van der Waals surface area (Å²) in [4.78, 5) is 22.2. The number of aryl methyl sites for hydroxylation is 1. The molecule has 1 aromatic carbocycles. The van der Waals surface area contributed by atoms with Crippen LogP contribution in [0.15, 0.2) is 30.5 Å². The summed E-state index contributed by atoms with van der Waals surface area (Å²) in [6.07, 6.45) is 4.57. The number of sulfonamides is 1. The normalized spacial score (nSPS) is 22.0. The number of nitriles is 1. The van der Waals surface area contributed by atoms with Crippen LogP contribution in [0.4, 0.5) is 11.5 Å². The van der Waals surface area contributed by atoms with Gasteiger partial charge in [0, 0.05) is 42.5 Å². The Morgan fingerprint density at radius 2 is 2.05 bits per heavy atom. The van der Waals surface area contributed by atoms with E-state index in [9.17, 15) is 23.6 Å². The maximum atomic E-state index is 13.8. The number of hydrogen-bond donors (Lipinski definition) is 2. The highest BCUT2D eigenvalue weighted by molar-refractivity contribution is 7.92. The Labute approximate surface area is 225 Å². The summed E-state index contributed by atoms with van der Waals surface area (Å²) in [5.74, 6) is -0.116. The summed E-state index contributed by atoms with van der Waals surface area (Å²) < 4.78 is 27.9. The van der Waals surface area contributed by atoms with Gasteiger partial charge in [-0.15, -0.1) is 0 Å². The van der Waals surface area contributed by atoms with Crippen LogP contribution in [0, 0.1) is 24.2 Å². The molecule has 11 nitrogen and oxygen atoms in total. The summed E-state index contributed by atoms with van der Waals surface area (Å²) in [5, 5.41) is 24.5. The highest BCUT2D eigenvalue weighted by Gasteiger charge is 2.34. The summed E-state index contributed by atoms with van der Waals surface area (Å²) >= 11 is 6.18. The zero-order chi connectivity index (χ0) is 27.2. The largest absolute Gasteiger partial charge is 0.390 e. The van der Waals surface area contributed by atoms with Crippen molar-refractivity contribution in [1.82, 2.24) is 19.5 Å². The van der Waals surface area contributed by atoms with E-state index in [1.54, 1.807) is 9.42 Å². The molecular formula is C25H28ClN7O4S. The van der Waals surface area contributed by atoms with Crippen molar-refractivity contribution >= 4 is 44.7 Å². The summed E-state index contributed by atoms with van der Waals surface area (Å²) in [5.41, 5.74) is 2.47. The van der Waals surface area contributed by atoms with E-state index in [0.717, 1.165) is 24.7 Å². The standard InChI is InChI=1S/C25H28ClN7O4S/c1-15-12-33-23(28-24(15)31-13-16(11-27)22(34)14-31)10-20(29-33)21-5-3-4-8-32(21)25(35)18-9-17(26)6-7-19(18)30-38(2,36)37/h6-7,9-10,12,16,21-22,30,34H,3-5,8,13-14H2,1-2H3/t16-,21+,22+/m1/s1. The molecule has 0 aliphatic carbocycles. The average Bonchev–Trinajstić information content (AvgIpc) is 3.45. The van der Waals surface area contributed by atoms with Crippen LogP contribution < -0.4 is 9.62 Å². The molecule has 1 amide bonds. The van der Waals surface area contributed by atoms with E-state index in [-0.39, 0.29) is 23.2 Å². The van der Waals surface area contributed by atoms with Crippen LogP contribution in [-0.4, -0.2) is 70.9 Å². The number of aliphatic hydroxyl groups is 1. The molecule has 2 saturated heterocycles. The lowest BCUT2D eigenvalue weighted by Crippen LogP contribution is -2.39. The Morgan fingerprint density at radius 1 is 1.26 bits per heavy atom. The van der Waals surface area contributed by atoms with Crippen molar-refractivity contribution in [2.75, 3.05) is 35.5 Å². The van der Waals surface area contributed by atoms with Crippen LogP contribution >= 0.6 is 11.6 Å². The van der Waals surface area contributed by atoms with Gasteiger partial charge in [0.15, 0.2) is 5.65 Å². The number of anilines is 2. The van der Waals surface area contributed by atoms with Gasteiger partial charge in [-0.2, -0.15) is 10.4 Å². The molecule has 2 aliphatic heterocycles. The molecule has 2 aliphatic rings. The number of halogens is 1. The van der Waals surface area contributed by atoms with Gasteiger partial charge >= 0.3 is 0 Å². The third-order valence-corrected chi connectivity index (χ3v) is 7.82. The van der Waals surface area contributed by atoms with Gasteiger partial charge in [-0.3, -0.25) is 9.52 Å². The molecule has 3 aromatic rings. The van der Waals surface area contributed by atoms with Gasteiger partial charge in [-0.05, 0) is 44.4 Å². The highest BCUT2D eigenvalue weighted by Crippen LogP contribution is 2.34. The molecule has 0 saturated carbocycles. The first-order valence-corrected chi connectivity index (χ1v) is 14.6. The number of rotatable bonds is 5. The predicted octanol–water partition coefficient (Wildman–Crippen LogP) is 2.75. The molecule has 0 spiro atoms. The first-order chi connectivity index (χ1) is 18.0. The molecule has 38 heavy (non-hydrogen) atoms. The number of carbonyl (C=O) groups is 1. The summed E-state index contributed by atoms with van der Waals surface area (Å²) in [6, 6.07) is 8.16. The highest BCUT2D eigenvalue weighted by atomic mass is 35.5. The van der Waals surface area contributed by atoms with Crippen LogP contribution in [0.5, 0.6) is 0 Å². The fourth-order valence-corrected chi connectivity index (χ4v) is 5.96. The number of hydrogen-bond acceptors (Lipinski definition) is 8. The van der Waals surface area contributed by atoms with E-state index in [0.29, 0.717) is 48.2 Å². The van der Waals surface area contributed by atoms with Crippen molar-refractivity contribution in [2.45, 2.75) is 38.3 Å². The first kappa shape index (κ1) is 26.2. The Hall–Kier alpha value is -3.40. The number of nitrogens with zero attached hydrogens (tertiary/aromatic N) is 6. The number of piperidine rings is 1. The SMILES string of the molecule is Cc1cn2nc([C@@H]3CCCCN3C(=O)c3cc(Cl)ccc3NS(C)(=O)=O)cc2nc1N1C[C@@H](C#N)[C@@H](O)C1. The van der Waals surface area contributed by atoms with Crippen LogP contribution in [0.2, 0.25) is 5.02 Å². The van der Waals surface area contributed by atoms with E-state index in [2.05, 4.69) is 10.8 Å². The number of carbonyl (C=O) groups excluding carboxylic acids is 1. The summed E-state index contributed by atoms with van der Waals surface area (Å²) in [7, 11) is -3.61. The fourth-order valence-electron chi connectivity index (χ4n) is 5.21. The first-order valence-electron chi connectivity index (χ1n) is 12.3. The molecule has 200 valence electrons. The molecule has 0 bridgehead atoms. The number of aliphatic hydroxyl groups excluding tert-OH is 1. The molecule has 2 aromatic heterocycles. The van der Waals surface area contributed by atoms with Gasteiger partial charge in [0.25, 0.3) is 5.91 Å². The number of fused-ring (bicyclic) bond motifs is 1. The Bertz CT molecular complexity index is 1550. The third-order valence-electron chi connectivity index (χ3n) is 6.99. The number of amides is 1. The second-order valence-electron chi connectivity index (χ2n) is 9.90. The topological polar surface area (TPSA) is 144 Å². The molecule has 2 fully saturated rings. The zero-order valence-electron chi connectivity index (χ0n) is 21.0. The maximum absolute atomic E-state index is 13.8. The molecule has 5 rings (SSSR count). The number of β-amino-alcohol motifs (C(OH)–C–C–N with tert-alkyl or cyclic N) is 1. The van der Waals surface area contributed by atoms with Crippen LogP contribution in [0.3, 0.4) is 0 Å². The fraction of sp³-hybridized carbons (Fsp3) is 0.440. The van der Waals surface area contributed by atoms with Crippen LogP contribution in [0.25, 0.3) is 5.65 Å². The molecule has 13 heteroatoms. The minimum Gasteiger partial charge on any atom is -0.390 e. The molecule has 3 atom stereocenters. The zero-order valence-corrected chi connectivity index (χ0v) is 22.6. The van der Waals surface area contributed by atoms with Crippen molar-refractivity contribution < 1.29 is 18.3 Å². The molecule has 4 heterocycles. The second kappa shape index (κ2) is 10.1. The number of aromatic nitrogens is 3. The van der Waals surface area contributed by atoms with Gasteiger partial charge < -0.3 is 14.9 Å². The maximum Gasteiger partial charge on any atom is 0.256 e. The number of benzene rings is 1. The number of nitrogens with one attached hydrogen (secondary N) is 1. The summed E-state index contributed by atoms with van der Waals surface area (Å²) in [6.45, 7) is 3.12. The lowest BCUT2D eigenvalue weighted by atomic mass is 9.98. The van der Waals surface area contributed by atoms with E-state index < -0.39 is 22.0 Å². The van der Waals surface area contributed by atoms with Gasteiger partial charge in [0.2, 0.25) is 10.0 Å². The van der Waals surface area contributed by atoms with E-state index in [1.165, 1.54) is 18.2 Å². The van der Waals surface area contributed by atoms with E-state index in [1.807, 2.05) is 24.1 Å². The molecular weight excluding hydrogens is 530 g/mol. The van der Waals surface area contributed by atoms with E-state index >= 15 is 0 Å². The van der Waals surface area contributed by atoms with Gasteiger partial charge in [0.1, 0.15) is 5.82 Å². The second-order valence-corrected chi connectivity index (χ2v) is 12.1. The molecule has 2 N–H and O–H groups in total. The Balaban J connectivity index is 1.48. The Morgan fingerprint density at radius 3 is 2.76 bits per heavy atom. The lowest BCUT2D eigenvalue weighted by Gasteiger charge is -2.35. The quantitative estimate of drug-likeness (QED) is 0.487.